The average molecular weight is 354 g/mol. The zero-order chi connectivity index (χ0) is 16.5. The lowest BCUT2D eigenvalue weighted by atomic mass is 10.1. The maximum absolute atomic E-state index is 11.7. The topological polar surface area (TPSA) is 51.1 Å². The molecular formula is C18H14N2O2S2. The minimum absolute atomic E-state index is 0.313. The Labute approximate surface area is 147 Å². The second-order valence-electron chi connectivity index (χ2n) is 5.47. The van der Waals surface area contributed by atoms with Crippen molar-refractivity contribution < 1.29 is 9.59 Å². The van der Waals surface area contributed by atoms with E-state index in [1.54, 1.807) is 17.4 Å². The lowest BCUT2D eigenvalue weighted by Crippen LogP contribution is -2.17. The largest absolute Gasteiger partial charge is 0.347 e. The molecule has 1 aliphatic rings. The van der Waals surface area contributed by atoms with Gasteiger partial charge in [0.15, 0.2) is 0 Å². The summed E-state index contributed by atoms with van der Waals surface area (Å²) in [5.41, 5.74) is 2.09. The van der Waals surface area contributed by atoms with Crippen LogP contribution >= 0.6 is 23.1 Å². The fraction of sp³-hybridized carbons (Fsp3) is 0.111. The standard InChI is InChI=1S/C18H14N2O2S2/c21-17-16(24-18(22)19-17)11-12-3-1-5-15-14(12)7-9-20(15)8-6-13-4-2-10-23-13/h1-5,7,9-11H,6,8H2,(H,19,21,22). The molecule has 0 aliphatic carbocycles. The van der Waals surface area contributed by atoms with E-state index < -0.39 is 0 Å². The van der Waals surface area contributed by atoms with E-state index in [9.17, 15) is 9.59 Å². The van der Waals surface area contributed by atoms with Crippen molar-refractivity contribution in [3.8, 4) is 0 Å². The van der Waals surface area contributed by atoms with Crippen LogP contribution in [0.25, 0.3) is 17.0 Å². The van der Waals surface area contributed by atoms with Gasteiger partial charge in [-0.25, -0.2) is 0 Å². The number of imide groups is 1. The van der Waals surface area contributed by atoms with Gasteiger partial charge in [0.1, 0.15) is 0 Å². The number of aryl methyl sites for hydroxylation is 2. The summed E-state index contributed by atoms with van der Waals surface area (Å²) in [5.74, 6) is -0.320. The molecule has 2 aromatic heterocycles. The van der Waals surface area contributed by atoms with Crippen molar-refractivity contribution in [3.63, 3.8) is 0 Å². The normalized spacial score (nSPS) is 16.2. The predicted octanol–water partition coefficient (Wildman–Crippen LogP) is 4.27. The number of carbonyl (C=O) groups excluding carboxylic acids is 2. The summed E-state index contributed by atoms with van der Waals surface area (Å²) in [6.45, 7) is 0.914. The Morgan fingerprint density at radius 1 is 1.12 bits per heavy atom. The number of hydrogen-bond donors (Lipinski definition) is 1. The molecule has 0 bridgehead atoms. The molecule has 2 amide bonds. The highest BCUT2D eigenvalue weighted by Gasteiger charge is 2.25. The second-order valence-corrected chi connectivity index (χ2v) is 7.52. The van der Waals surface area contributed by atoms with Gasteiger partial charge in [0.05, 0.1) is 4.91 Å². The smallest absolute Gasteiger partial charge is 0.290 e. The first-order chi connectivity index (χ1) is 11.7. The van der Waals surface area contributed by atoms with Crippen LogP contribution in [-0.2, 0) is 17.8 Å². The Morgan fingerprint density at radius 2 is 2.04 bits per heavy atom. The quantitative estimate of drug-likeness (QED) is 0.712. The number of carbonyl (C=O) groups is 2. The minimum Gasteiger partial charge on any atom is -0.347 e. The number of nitrogens with one attached hydrogen (secondary N) is 1. The fourth-order valence-corrected chi connectivity index (χ4v) is 4.19. The maximum Gasteiger partial charge on any atom is 0.290 e. The van der Waals surface area contributed by atoms with Crippen LogP contribution in [0.5, 0.6) is 0 Å². The number of thioether (sulfide) groups is 1. The van der Waals surface area contributed by atoms with Gasteiger partial charge in [0.25, 0.3) is 11.1 Å². The monoisotopic (exact) mass is 354 g/mol. The number of rotatable bonds is 4. The third kappa shape index (κ3) is 2.90. The first-order valence-electron chi connectivity index (χ1n) is 7.56. The summed E-state index contributed by atoms with van der Waals surface area (Å²) in [4.78, 5) is 24.9. The number of amides is 2. The zero-order valence-corrected chi connectivity index (χ0v) is 14.3. The SMILES string of the molecule is O=C1NC(=O)C(=Cc2cccc3c2ccn3CCc2cccs2)S1. The molecule has 1 aromatic carbocycles. The molecule has 6 heteroatoms. The van der Waals surface area contributed by atoms with Crippen molar-refractivity contribution in [2.45, 2.75) is 13.0 Å². The summed E-state index contributed by atoms with van der Waals surface area (Å²) in [5, 5.41) is 5.16. The van der Waals surface area contributed by atoms with Crippen LogP contribution in [0.4, 0.5) is 4.79 Å². The van der Waals surface area contributed by atoms with Crippen LogP contribution in [0.1, 0.15) is 10.4 Å². The molecule has 1 fully saturated rings. The lowest BCUT2D eigenvalue weighted by molar-refractivity contribution is -0.115. The van der Waals surface area contributed by atoms with Crippen LogP contribution < -0.4 is 5.32 Å². The van der Waals surface area contributed by atoms with Gasteiger partial charge in [-0.15, -0.1) is 11.3 Å². The number of thiophene rings is 1. The van der Waals surface area contributed by atoms with Gasteiger partial charge >= 0.3 is 0 Å². The van der Waals surface area contributed by atoms with Crippen molar-refractivity contribution in [3.05, 3.63) is 63.3 Å². The van der Waals surface area contributed by atoms with E-state index in [0.717, 1.165) is 41.2 Å². The van der Waals surface area contributed by atoms with Crippen LogP contribution in [0, 0.1) is 0 Å². The van der Waals surface area contributed by atoms with E-state index in [2.05, 4.69) is 45.7 Å². The number of benzene rings is 1. The number of nitrogens with zero attached hydrogens (tertiary/aromatic N) is 1. The Bertz CT molecular complexity index is 955. The van der Waals surface area contributed by atoms with Crippen molar-refractivity contribution in [1.29, 1.82) is 0 Å². The Kier molecular flexibility index (Phi) is 4.00. The Hall–Kier alpha value is -2.31. The Balaban J connectivity index is 1.65. The number of hydrogen-bond acceptors (Lipinski definition) is 4. The molecule has 0 unspecified atom stereocenters. The van der Waals surface area contributed by atoms with E-state index in [1.165, 1.54) is 4.88 Å². The molecule has 0 spiro atoms. The molecule has 1 N–H and O–H groups in total. The highest BCUT2D eigenvalue weighted by Crippen LogP contribution is 2.29. The first-order valence-corrected chi connectivity index (χ1v) is 9.25. The molecule has 120 valence electrons. The second kappa shape index (κ2) is 6.30. The van der Waals surface area contributed by atoms with Crippen LogP contribution in [0.2, 0.25) is 0 Å². The third-order valence-electron chi connectivity index (χ3n) is 3.96. The van der Waals surface area contributed by atoms with Crippen LogP contribution in [-0.4, -0.2) is 15.7 Å². The highest BCUT2D eigenvalue weighted by molar-refractivity contribution is 8.18. The van der Waals surface area contributed by atoms with E-state index in [4.69, 9.17) is 0 Å². The summed E-state index contributed by atoms with van der Waals surface area (Å²) < 4.78 is 2.23. The van der Waals surface area contributed by atoms with E-state index >= 15 is 0 Å². The van der Waals surface area contributed by atoms with Crippen LogP contribution in [0.3, 0.4) is 0 Å². The van der Waals surface area contributed by atoms with Crippen molar-refractivity contribution >= 4 is 51.2 Å². The minimum atomic E-state index is -0.320. The van der Waals surface area contributed by atoms with Gasteiger partial charge < -0.3 is 4.57 Å². The van der Waals surface area contributed by atoms with Gasteiger partial charge in [-0.1, -0.05) is 18.2 Å². The van der Waals surface area contributed by atoms with Crippen molar-refractivity contribution in [1.82, 2.24) is 9.88 Å². The molecular weight excluding hydrogens is 340 g/mol. The molecule has 3 aromatic rings. The molecule has 4 nitrogen and oxygen atoms in total. The average Bonchev–Trinajstić information content (AvgIpc) is 3.27. The predicted molar refractivity (Wildman–Crippen MR) is 99.1 cm³/mol. The molecule has 0 atom stereocenters. The van der Waals surface area contributed by atoms with Crippen LogP contribution in [0.15, 0.2) is 52.9 Å². The number of fused-ring (bicyclic) bond motifs is 1. The summed E-state index contributed by atoms with van der Waals surface area (Å²) in [7, 11) is 0. The van der Waals surface area contributed by atoms with E-state index in [0.29, 0.717) is 4.91 Å². The molecule has 3 heterocycles. The van der Waals surface area contributed by atoms with Gasteiger partial charge in [0.2, 0.25) is 0 Å². The molecule has 24 heavy (non-hydrogen) atoms. The van der Waals surface area contributed by atoms with Crippen molar-refractivity contribution in [2.24, 2.45) is 0 Å². The molecule has 4 rings (SSSR count). The number of aromatic nitrogens is 1. The molecule has 1 aliphatic heterocycles. The summed E-state index contributed by atoms with van der Waals surface area (Å²) >= 11 is 2.72. The highest BCUT2D eigenvalue weighted by atomic mass is 32.2. The Morgan fingerprint density at radius 3 is 2.79 bits per heavy atom. The molecule has 0 saturated carbocycles. The third-order valence-corrected chi connectivity index (χ3v) is 5.70. The first kappa shape index (κ1) is 15.2. The summed E-state index contributed by atoms with van der Waals surface area (Å²) in [6, 6.07) is 12.3. The lowest BCUT2D eigenvalue weighted by Gasteiger charge is -2.05. The zero-order valence-electron chi connectivity index (χ0n) is 12.7. The van der Waals surface area contributed by atoms with Gasteiger partial charge in [0, 0.05) is 28.5 Å². The fourth-order valence-electron chi connectivity index (χ4n) is 2.82. The maximum atomic E-state index is 11.7. The molecule has 1 saturated heterocycles. The van der Waals surface area contributed by atoms with Gasteiger partial charge in [-0.3, -0.25) is 14.9 Å². The summed E-state index contributed by atoms with van der Waals surface area (Å²) in [6.07, 6.45) is 4.86. The van der Waals surface area contributed by atoms with E-state index in [-0.39, 0.29) is 11.1 Å². The van der Waals surface area contributed by atoms with E-state index in [1.807, 2.05) is 12.1 Å². The molecule has 0 radical (unpaired) electrons. The van der Waals surface area contributed by atoms with Gasteiger partial charge in [-0.05, 0) is 53.4 Å². The van der Waals surface area contributed by atoms with Crippen molar-refractivity contribution in [2.75, 3.05) is 0 Å². The van der Waals surface area contributed by atoms with Gasteiger partial charge in [-0.2, -0.15) is 0 Å².